The van der Waals surface area contributed by atoms with Gasteiger partial charge in [0.25, 0.3) is 5.91 Å². The van der Waals surface area contributed by atoms with Crippen molar-refractivity contribution in [2.45, 2.75) is 39.0 Å². The standard InChI is InChI=1S/C20H23N3OS/c1-2-13-7-8-16-14(11-13)12-15-17(21)18(25-19(15)22-16)20(24)23-9-5-3-4-6-10-23/h7-8,11-12H,2-6,9-10,21H2,1H3. The van der Waals surface area contributed by atoms with Gasteiger partial charge in [0.2, 0.25) is 0 Å². The van der Waals surface area contributed by atoms with Crippen LogP contribution in [0.2, 0.25) is 0 Å². The van der Waals surface area contributed by atoms with E-state index in [4.69, 9.17) is 10.7 Å². The number of thiophene rings is 1. The molecule has 1 aliphatic rings. The molecule has 5 heteroatoms. The average molecular weight is 353 g/mol. The zero-order valence-electron chi connectivity index (χ0n) is 14.5. The molecule has 2 aromatic heterocycles. The molecule has 0 atom stereocenters. The van der Waals surface area contributed by atoms with Crippen LogP contribution in [0.5, 0.6) is 0 Å². The summed E-state index contributed by atoms with van der Waals surface area (Å²) in [6, 6.07) is 8.41. The Balaban J connectivity index is 1.78. The minimum absolute atomic E-state index is 0.0701. The Bertz CT molecular complexity index is 939. The third kappa shape index (κ3) is 2.97. The molecule has 1 saturated heterocycles. The number of anilines is 1. The van der Waals surface area contributed by atoms with Gasteiger partial charge in [0.05, 0.1) is 11.2 Å². The molecule has 1 aromatic carbocycles. The van der Waals surface area contributed by atoms with Gasteiger partial charge < -0.3 is 10.6 Å². The molecule has 130 valence electrons. The summed E-state index contributed by atoms with van der Waals surface area (Å²) < 4.78 is 0. The maximum Gasteiger partial charge on any atom is 0.266 e. The molecule has 0 radical (unpaired) electrons. The fraction of sp³-hybridized carbons (Fsp3) is 0.400. The Hall–Kier alpha value is -2.14. The number of amides is 1. The Morgan fingerprint density at radius 1 is 1.20 bits per heavy atom. The van der Waals surface area contributed by atoms with E-state index < -0.39 is 0 Å². The first-order valence-electron chi connectivity index (χ1n) is 9.08. The van der Waals surface area contributed by atoms with E-state index >= 15 is 0 Å². The number of fused-ring (bicyclic) bond motifs is 2. The van der Waals surface area contributed by atoms with Gasteiger partial charge in [-0.3, -0.25) is 4.79 Å². The number of nitrogen functional groups attached to an aromatic ring is 1. The number of aryl methyl sites for hydroxylation is 1. The van der Waals surface area contributed by atoms with Crippen LogP contribution in [0.25, 0.3) is 21.1 Å². The van der Waals surface area contributed by atoms with Crippen LogP contribution < -0.4 is 5.73 Å². The van der Waals surface area contributed by atoms with Gasteiger partial charge in [-0.15, -0.1) is 11.3 Å². The summed E-state index contributed by atoms with van der Waals surface area (Å²) >= 11 is 1.43. The molecule has 4 rings (SSSR count). The van der Waals surface area contributed by atoms with Crippen LogP contribution in [0.4, 0.5) is 5.69 Å². The minimum atomic E-state index is 0.0701. The number of aromatic nitrogens is 1. The second kappa shape index (κ2) is 6.64. The molecule has 1 aliphatic heterocycles. The molecule has 0 saturated carbocycles. The molecule has 1 fully saturated rings. The fourth-order valence-corrected chi connectivity index (χ4v) is 4.60. The molecule has 1 amide bonds. The van der Waals surface area contributed by atoms with Crippen LogP contribution in [-0.2, 0) is 6.42 Å². The number of nitrogens with two attached hydrogens (primary N) is 1. The molecular weight excluding hydrogens is 330 g/mol. The van der Waals surface area contributed by atoms with Crippen molar-refractivity contribution in [1.29, 1.82) is 0 Å². The monoisotopic (exact) mass is 353 g/mol. The van der Waals surface area contributed by atoms with E-state index in [0.717, 1.165) is 53.5 Å². The molecule has 0 spiro atoms. The second-order valence-electron chi connectivity index (χ2n) is 6.77. The first kappa shape index (κ1) is 16.3. The highest BCUT2D eigenvalue weighted by Gasteiger charge is 2.23. The van der Waals surface area contributed by atoms with Gasteiger partial charge in [0.15, 0.2) is 0 Å². The lowest BCUT2D eigenvalue weighted by Gasteiger charge is -2.19. The zero-order chi connectivity index (χ0) is 17.4. The molecule has 3 aromatic rings. The van der Waals surface area contributed by atoms with E-state index in [0.29, 0.717) is 10.6 Å². The summed E-state index contributed by atoms with van der Waals surface area (Å²) in [5.41, 5.74) is 9.20. The summed E-state index contributed by atoms with van der Waals surface area (Å²) in [6.45, 7) is 3.81. The van der Waals surface area contributed by atoms with E-state index in [2.05, 4.69) is 31.2 Å². The zero-order valence-corrected chi connectivity index (χ0v) is 15.4. The van der Waals surface area contributed by atoms with Crippen LogP contribution >= 0.6 is 11.3 Å². The fourth-order valence-electron chi connectivity index (χ4n) is 3.55. The predicted molar refractivity (Wildman–Crippen MR) is 105 cm³/mol. The van der Waals surface area contributed by atoms with Crippen molar-refractivity contribution in [2.75, 3.05) is 18.8 Å². The van der Waals surface area contributed by atoms with Gasteiger partial charge in [0.1, 0.15) is 9.71 Å². The summed E-state index contributed by atoms with van der Waals surface area (Å²) in [7, 11) is 0. The van der Waals surface area contributed by atoms with Gasteiger partial charge >= 0.3 is 0 Å². The summed E-state index contributed by atoms with van der Waals surface area (Å²) in [5, 5.41) is 1.99. The minimum Gasteiger partial charge on any atom is -0.397 e. The lowest BCUT2D eigenvalue weighted by Crippen LogP contribution is -2.31. The summed E-state index contributed by atoms with van der Waals surface area (Å²) in [6.07, 6.45) is 5.57. The third-order valence-electron chi connectivity index (χ3n) is 5.07. The van der Waals surface area contributed by atoms with E-state index in [1.54, 1.807) is 0 Å². The predicted octanol–water partition coefficient (Wildman–Crippen LogP) is 4.61. The van der Waals surface area contributed by atoms with Crippen LogP contribution in [0.1, 0.15) is 47.8 Å². The highest BCUT2D eigenvalue weighted by molar-refractivity contribution is 7.21. The number of hydrogen-bond acceptors (Lipinski definition) is 4. The first-order chi connectivity index (χ1) is 12.2. The smallest absolute Gasteiger partial charge is 0.266 e. The van der Waals surface area contributed by atoms with E-state index in [1.807, 2.05) is 4.90 Å². The van der Waals surface area contributed by atoms with Crippen LogP contribution in [0.3, 0.4) is 0 Å². The second-order valence-corrected chi connectivity index (χ2v) is 7.77. The van der Waals surface area contributed by atoms with E-state index in [1.165, 1.54) is 29.7 Å². The SMILES string of the molecule is CCc1ccc2nc3sc(C(=O)N4CCCCCC4)c(N)c3cc2c1. The molecule has 25 heavy (non-hydrogen) atoms. The summed E-state index contributed by atoms with van der Waals surface area (Å²) in [5.74, 6) is 0.0701. The quantitative estimate of drug-likeness (QED) is 0.732. The first-order valence-corrected chi connectivity index (χ1v) is 9.90. The lowest BCUT2D eigenvalue weighted by molar-refractivity contribution is 0.0767. The van der Waals surface area contributed by atoms with Gasteiger partial charge in [-0.05, 0) is 43.0 Å². The molecule has 0 unspecified atom stereocenters. The average Bonchev–Trinajstić information content (AvgIpc) is 2.82. The molecule has 0 aliphatic carbocycles. The maximum absolute atomic E-state index is 13.0. The van der Waals surface area contributed by atoms with Crippen LogP contribution in [0.15, 0.2) is 24.3 Å². The number of pyridine rings is 1. The van der Waals surface area contributed by atoms with Crippen molar-refractivity contribution < 1.29 is 4.79 Å². The van der Waals surface area contributed by atoms with Crippen LogP contribution in [0, 0.1) is 0 Å². The van der Waals surface area contributed by atoms with Crippen molar-refractivity contribution in [1.82, 2.24) is 9.88 Å². The van der Waals surface area contributed by atoms with Crippen molar-refractivity contribution in [2.24, 2.45) is 0 Å². The number of carbonyl (C=O) groups excluding carboxylic acids is 1. The van der Waals surface area contributed by atoms with Crippen molar-refractivity contribution in [3.63, 3.8) is 0 Å². The van der Waals surface area contributed by atoms with Crippen molar-refractivity contribution in [3.8, 4) is 0 Å². The van der Waals surface area contributed by atoms with Gasteiger partial charge in [-0.2, -0.15) is 0 Å². The molecule has 0 bridgehead atoms. The van der Waals surface area contributed by atoms with Crippen molar-refractivity contribution >= 4 is 44.1 Å². The van der Waals surface area contributed by atoms with E-state index in [-0.39, 0.29) is 5.91 Å². The Morgan fingerprint density at radius 2 is 1.96 bits per heavy atom. The Labute approximate surface area is 151 Å². The number of rotatable bonds is 2. The molecule has 3 heterocycles. The maximum atomic E-state index is 13.0. The van der Waals surface area contributed by atoms with Crippen LogP contribution in [-0.4, -0.2) is 28.9 Å². The molecule has 2 N–H and O–H groups in total. The van der Waals surface area contributed by atoms with Gasteiger partial charge in [-0.25, -0.2) is 4.98 Å². The number of benzene rings is 1. The molecular formula is C20H23N3OS. The third-order valence-corrected chi connectivity index (χ3v) is 6.18. The van der Waals surface area contributed by atoms with E-state index in [9.17, 15) is 4.79 Å². The number of hydrogen-bond donors (Lipinski definition) is 1. The lowest BCUT2D eigenvalue weighted by atomic mass is 10.1. The largest absolute Gasteiger partial charge is 0.397 e. The highest BCUT2D eigenvalue weighted by atomic mass is 32.1. The van der Waals surface area contributed by atoms with Gasteiger partial charge in [0, 0.05) is 23.9 Å². The normalized spacial score (nSPS) is 15.6. The number of likely N-dealkylation sites (tertiary alicyclic amines) is 1. The Kier molecular flexibility index (Phi) is 4.34. The number of nitrogens with zero attached hydrogens (tertiary/aromatic N) is 2. The number of carbonyl (C=O) groups is 1. The van der Waals surface area contributed by atoms with Crippen molar-refractivity contribution in [3.05, 3.63) is 34.7 Å². The Morgan fingerprint density at radius 3 is 2.68 bits per heavy atom. The highest BCUT2D eigenvalue weighted by Crippen LogP contribution is 2.35. The summed E-state index contributed by atoms with van der Waals surface area (Å²) in [4.78, 5) is 21.2. The van der Waals surface area contributed by atoms with Gasteiger partial charge in [-0.1, -0.05) is 25.8 Å². The topological polar surface area (TPSA) is 59.2 Å². The molecule has 4 nitrogen and oxygen atoms in total.